The molecule has 1 atom stereocenters. The van der Waals surface area contributed by atoms with Gasteiger partial charge in [0.1, 0.15) is 5.76 Å². The third-order valence-corrected chi connectivity index (χ3v) is 5.12. The molecule has 0 saturated carbocycles. The van der Waals surface area contributed by atoms with Crippen molar-refractivity contribution in [3.8, 4) is 0 Å². The Balaban J connectivity index is 2.65. The number of methoxy groups -OCH3 is 1. The van der Waals surface area contributed by atoms with Crippen LogP contribution in [0.5, 0.6) is 0 Å². The molecule has 0 spiro atoms. The molecule has 1 aliphatic carbocycles. The van der Waals surface area contributed by atoms with E-state index in [1.807, 2.05) is 38.1 Å². The van der Waals surface area contributed by atoms with Crippen LogP contribution < -0.4 is 0 Å². The van der Waals surface area contributed by atoms with E-state index in [1.165, 1.54) is 11.0 Å². The quantitative estimate of drug-likeness (QED) is 0.780. The van der Waals surface area contributed by atoms with Gasteiger partial charge < -0.3 is 14.7 Å². The summed E-state index contributed by atoms with van der Waals surface area (Å²) in [5, 5.41) is 9.72. The number of amides is 1. The maximum atomic E-state index is 12.5. The standard InChI is InChI=1S/C21H29NO4/c1-14(2)10-11-21(13-22(15(3)4)20(24)25)17-9-7-6-8-16(17)18(23)12-19(21)26-5/h6-9,12,14-15H,10-11,13H2,1-5H3,(H,24,25). The predicted molar refractivity (Wildman–Crippen MR) is 101 cm³/mol. The van der Waals surface area contributed by atoms with Crippen LogP contribution in [-0.2, 0) is 10.2 Å². The van der Waals surface area contributed by atoms with E-state index in [0.29, 0.717) is 23.7 Å². The molecule has 0 bridgehead atoms. The number of ether oxygens (including phenoxy) is 1. The number of allylic oxidation sites excluding steroid dienone is 1. The van der Waals surface area contributed by atoms with E-state index >= 15 is 0 Å². The monoisotopic (exact) mass is 359 g/mol. The Morgan fingerprint density at radius 3 is 2.42 bits per heavy atom. The molecule has 0 radical (unpaired) electrons. The van der Waals surface area contributed by atoms with Gasteiger partial charge in [-0.15, -0.1) is 0 Å². The fraction of sp³-hybridized carbons (Fsp3) is 0.524. The second-order valence-electron chi connectivity index (χ2n) is 7.64. The van der Waals surface area contributed by atoms with Gasteiger partial charge in [0, 0.05) is 24.2 Å². The van der Waals surface area contributed by atoms with Crippen molar-refractivity contribution in [3.05, 3.63) is 47.2 Å². The first-order chi connectivity index (χ1) is 12.2. The van der Waals surface area contributed by atoms with Crippen molar-refractivity contribution >= 4 is 11.9 Å². The van der Waals surface area contributed by atoms with E-state index in [0.717, 1.165) is 12.0 Å². The normalized spacial score (nSPS) is 19.3. The Bertz CT molecular complexity index is 708. The number of hydrogen-bond donors (Lipinski definition) is 1. The van der Waals surface area contributed by atoms with Gasteiger partial charge in [0.2, 0.25) is 0 Å². The van der Waals surface area contributed by atoms with Gasteiger partial charge in [-0.05, 0) is 38.2 Å². The summed E-state index contributed by atoms with van der Waals surface area (Å²) in [7, 11) is 1.55. The van der Waals surface area contributed by atoms with Gasteiger partial charge >= 0.3 is 6.09 Å². The first kappa shape index (κ1) is 20.0. The van der Waals surface area contributed by atoms with E-state index < -0.39 is 11.5 Å². The minimum Gasteiger partial charge on any atom is -0.500 e. The van der Waals surface area contributed by atoms with Gasteiger partial charge in [-0.1, -0.05) is 38.1 Å². The summed E-state index contributed by atoms with van der Waals surface area (Å²) in [5.74, 6) is 0.907. The minimum absolute atomic E-state index is 0.0935. The van der Waals surface area contributed by atoms with Crippen molar-refractivity contribution in [2.45, 2.75) is 52.0 Å². The highest BCUT2D eigenvalue weighted by atomic mass is 16.5. The molecule has 1 unspecified atom stereocenters. The highest BCUT2D eigenvalue weighted by molar-refractivity contribution is 6.08. The number of nitrogens with zero attached hydrogens (tertiary/aromatic N) is 1. The summed E-state index contributed by atoms with van der Waals surface area (Å²) >= 11 is 0. The lowest BCUT2D eigenvalue weighted by molar-refractivity contribution is 0.0944. The van der Waals surface area contributed by atoms with Crippen LogP contribution in [0.25, 0.3) is 0 Å². The lowest BCUT2D eigenvalue weighted by Gasteiger charge is -2.43. The largest absolute Gasteiger partial charge is 0.500 e. The number of hydrogen-bond acceptors (Lipinski definition) is 3. The summed E-state index contributed by atoms with van der Waals surface area (Å²) in [6, 6.07) is 7.30. The van der Waals surface area contributed by atoms with Crippen molar-refractivity contribution in [2.75, 3.05) is 13.7 Å². The van der Waals surface area contributed by atoms with Crippen LogP contribution in [0.3, 0.4) is 0 Å². The van der Waals surface area contributed by atoms with E-state index in [9.17, 15) is 14.7 Å². The Hall–Kier alpha value is -2.30. The van der Waals surface area contributed by atoms with E-state index in [-0.39, 0.29) is 18.4 Å². The molecule has 1 aromatic rings. The van der Waals surface area contributed by atoms with Gasteiger partial charge in [0.25, 0.3) is 0 Å². The molecular formula is C21H29NO4. The molecule has 0 aliphatic heterocycles. The van der Waals surface area contributed by atoms with Gasteiger partial charge in [0.05, 0.1) is 12.5 Å². The Labute approximate surface area is 155 Å². The SMILES string of the molecule is COC1=CC(=O)c2ccccc2C1(CCC(C)C)CN(C(=O)O)C(C)C. The molecule has 5 nitrogen and oxygen atoms in total. The van der Waals surface area contributed by atoms with Crippen LogP contribution in [0.1, 0.15) is 56.5 Å². The minimum atomic E-state index is -0.964. The molecule has 142 valence electrons. The predicted octanol–water partition coefficient (Wildman–Crippen LogP) is 4.48. The third kappa shape index (κ3) is 3.76. The van der Waals surface area contributed by atoms with E-state index in [4.69, 9.17) is 4.74 Å². The lowest BCUT2D eigenvalue weighted by atomic mass is 9.68. The number of carboxylic acid groups (broad SMARTS) is 1. The van der Waals surface area contributed by atoms with E-state index in [1.54, 1.807) is 7.11 Å². The Morgan fingerprint density at radius 1 is 1.23 bits per heavy atom. The Kier molecular flexibility index (Phi) is 6.11. The highest BCUT2D eigenvalue weighted by Gasteiger charge is 2.45. The first-order valence-corrected chi connectivity index (χ1v) is 9.12. The van der Waals surface area contributed by atoms with E-state index in [2.05, 4.69) is 13.8 Å². The Morgan fingerprint density at radius 2 is 1.88 bits per heavy atom. The molecule has 0 heterocycles. The van der Waals surface area contributed by atoms with Crippen LogP contribution in [0.15, 0.2) is 36.1 Å². The molecule has 1 aromatic carbocycles. The van der Waals surface area contributed by atoms with Crippen molar-refractivity contribution in [3.63, 3.8) is 0 Å². The molecule has 5 heteroatoms. The van der Waals surface area contributed by atoms with Crippen LogP contribution in [0, 0.1) is 5.92 Å². The molecule has 1 amide bonds. The molecule has 26 heavy (non-hydrogen) atoms. The van der Waals surface area contributed by atoms with Gasteiger partial charge in [0.15, 0.2) is 5.78 Å². The summed E-state index contributed by atoms with van der Waals surface area (Å²) in [6.07, 6.45) is 2.18. The van der Waals surface area contributed by atoms with Gasteiger partial charge in [-0.2, -0.15) is 0 Å². The summed E-state index contributed by atoms with van der Waals surface area (Å²) < 4.78 is 5.65. The van der Waals surface area contributed by atoms with Crippen molar-refractivity contribution in [1.29, 1.82) is 0 Å². The smallest absolute Gasteiger partial charge is 0.407 e. The highest BCUT2D eigenvalue weighted by Crippen LogP contribution is 2.44. The van der Waals surface area contributed by atoms with Crippen molar-refractivity contribution < 1.29 is 19.4 Å². The van der Waals surface area contributed by atoms with Crippen LogP contribution in [0.2, 0.25) is 0 Å². The summed E-state index contributed by atoms with van der Waals surface area (Å²) in [5.41, 5.74) is 0.828. The molecule has 1 N–H and O–H groups in total. The second-order valence-corrected chi connectivity index (χ2v) is 7.64. The molecule has 2 rings (SSSR count). The summed E-state index contributed by atoms with van der Waals surface area (Å²) in [6.45, 7) is 8.26. The zero-order chi connectivity index (χ0) is 19.5. The maximum Gasteiger partial charge on any atom is 0.407 e. The zero-order valence-electron chi connectivity index (χ0n) is 16.3. The van der Waals surface area contributed by atoms with Crippen LogP contribution >= 0.6 is 0 Å². The molecule has 1 aliphatic rings. The van der Waals surface area contributed by atoms with Gasteiger partial charge in [-0.3, -0.25) is 4.79 Å². The average Bonchev–Trinajstić information content (AvgIpc) is 2.59. The molecule has 0 aromatic heterocycles. The first-order valence-electron chi connectivity index (χ1n) is 9.12. The van der Waals surface area contributed by atoms with Crippen LogP contribution in [0.4, 0.5) is 4.79 Å². The topological polar surface area (TPSA) is 66.8 Å². The lowest BCUT2D eigenvalue weighted by Crippen LogP contribution is -2.49. The number of fused-ring (bicyclic) bond motifs is 1. The fourth-order valence-electron chi connectivity index (χ4n) is 3.63. The zero-order valence-corrected chi connectivity index (χ0v) is 16.3. The molecular weight excluding hydrogens is 330 g/mol. The number of rotatable bonds is 7. The number of carbonyl (C=O) groups excluding carboxylic acids is 1. The number of carbonyl (C=O) groups is 2. The third-order valence-electron chi connectivity index (χ3n) is 5.12. The van der Waals surface area contributed by atoms with Crippen molar-refractivity contribution in [1.82, 2.24) is 4.90 Å². The fourth-order valence-corrected chi connectivity index (χ4v) is 3.63. The van der Waals surface area contributed by atoms with Crippen molar-refractivity contribution in [2.24, 2.45) is 5.92 Å². The molecule has 0 fully saturated rings. The summed E-state index contributed by atoms with van der Waals surface area (Å²) in [4.78, 5) is 25.8. The number of ketones is 1. The second kappa shape index (κ2) is 7.94. The van der Waals surface area contributed by atoms with Crippen LogP contribution in [-0.4, -0.2) is 41.6 Å². The average molecular weight is 359 g/mol. The number of benzene rings is 1. The van der Waals surface area contributed by atoms with Gasteiger partial charge in [-0.25, -0.2) is 4.79 Å². The molecule has 0 saturated heterocycles. The maximum absolute atomic E-state index is 12.5.